The Balaban J connectivity index is 2.26. The largest absolute Gasteiger partial charge is 0.324 e. The summed E-state index contributed by atoms with van der Waals surface area (Å²) in [5.74, 6) is -0.227. The average Bonchev–Trinajstić information content (AvgIpc) is 2.32. The van der Waals surface area contributed by atoms with Gasteiger partial charge in [-0.1, -0.05) is 41.6 Å². The van der Waals surface area contributed by atoms with E-state index in [1.54, 1.807) is 12.1 Å². The third-order valence-electron chi connectivity index (χ3n) is 2.53. The van der Waals surface area contributed by atoms with E-state index in [0.717, 1.165) is 10.5 Å². The number of benzene rings is 2. The molecule has 2 rings (SSSR count). The van der Waals surface area contributed by atoms with Crippen molar-refractivity contribution in [2.75, 3.05) is 0 Å². The van der Waals surface area contributed by atoms with Crippen LogP contribution in [0, 0.1) is 5.82 Å². The molecule has 0 saturated carbocycles. The molecule has 2 N–H and O–H groups in total. The highest BCUT2D eigenvalue weighted by Gasteiger charge is 2.08. The second-order valence-corrected chi connectivity index (χ2v) is 5.53. The lowest BCUT2D eigenvalue weighted by atomic mass is 10.1. The van der Waals surface area contributed by atoms with E-state index in [4.69, 9.17) is 17.3 Å². The zero-order valence-electron chi connectivity index (χ0n) is 9.86. The van der Waals surface area contributed by atoms with Crippen LogP contribution < -0.4 is 5.73 Å². The molecule has 0 aliphatic rings. The van der Waals surface area contributed by atoms with Crippen molar-refractivity contribution in [1.82, 2.24) is 0 Å². The average molecular weight is 282 g/mol. The topological polar surface area (TPSA) is 26.0 Å². The second kappa shape index (κ2) is 5.74. The van der Waals surface area contributed by atoms with Crippen LogP contribution in [0.2, 0.25) is 5.02 Å². The molecule has 1 unspecified atom stereocenters. The summed E-state index contributed by atoms with van der Waals surface area (Å²) in [6.07, 6.45) is 0. The van der Waals surface area contributed by atoms with Gasteiger partial charge in [0.2, 0.25) is 0 Å². The number of halogens is 2. The van der Waals surface area contributed by atoms with E-state index in [1.807, 2.05) is 31.2 Å². The zero-order chi connectivity index (χ0) is 13.1. The summed E-state index contributed by atoms with van der Waals surface area (Å²) in [5, 5.41) is 0.617. The molecule has 0 aliphatic heterocycles. The van der Waals surface area contributed by atoms with Gasteiger partial charge in [-0.15, -0.1) is 0 Å². The minimum absolute atomic E-state index is 0.106. The van der Waals surface area contributed by atoms with Gasteiger partial charge in [-0.05, 0) is 36.8 Å². The summed E-state index contributed by atoms with van der Waals surface area (Å²) in [6.45, 7) is 1.88. The van der Waals surface area contributed by atoms with Gasteiger partial charge in [0, 0.05) is 20.9 Å². The third-order valence-corrected chi connectivity index (χ3v) is 3.89. The molecule has 0 aliphatic carbocycles. The van der Waals surface area contributed by atoms with Crippen molar-refractivity contribution in [3.05, 3.63) is 58.9 Å². The van der Waals surface area contributed by atoms with Gasteiger partial charge >= 0.3 is 0 Å². The number of nitrogens with two attached hydrogens (primary N) is 1. The molecule has 1 atom stereocenters. The molecule has 94 valence electrons. The molecule has 0 saturated heterocycles. The van der Waals surface area contributed by atoms with Crippen LogP contribution in [0.25, 0.3) is 0 Å². The number of hydrogen-bond acceptors (Lipinski definition) is 2. The van der Waals surface area contributed by atoms with Crippen LogP contribution in [0.15, 0.2) is 52.3 Å². The molecule has 2 aromatic rings. The first-order valence-electron chi connectivity index (χ1n) is 5.55. The fraction of sp³-hybridized carbons (Fsp3) is 0.143. The molecule has 2 aromatic carbocycles. The number of rotatable bonds is 3. The van der Waals surface area contributed by atoms with Crippen LogP contribution in [0.5, 0.6) is 0 Å². The summed E-state index contributed by atoms with van der Waals surface area (Å²) in [5.41, 5.74) is 6.69. The van der Waals surface area contributed by atoms with Gasteiger partial charge in [0.15, 0.2) is 0 Å². The Labute approximate surface area is 115 Å². The molecule has 4 heteroatoms. The molecular weight excluding hydrogens is 269 g/mol. The van der Waals surface area contributed by atoms with Crippen LogP contribution in [0.3, 0.4) is 0 Å². The van der Waals surface area contributed by atoms with E-state index in [1.165, 1.54) is 17.8 Å². The summed E-state index contributed by atoms with van der Waals surface area (Å²) in [7, 11) is 0. The van der Waals surface area contributed by atoms with Crippen molar-refractivity contribution in [1.29, 1.82) is 0 Å². The van der Waals surface area contributed by atoms with Crippen LogP contribution in [-0.2, 0) is 0 Å². The molecule has 0 aromatic heterocycles. The van der Waals surface area contributed by atoms with Crippen molar-refractivity contribution >= 4 is 23.4 Å². The minimum Gasteiger partial charge on any atom is -0.324 e. The van der Waals surface area contributed by atoms with Crippen molar-refractivity contribution in [2.45, 2.75) is 22.8 Å². The van der Waals surface area contributed by atoms with Gasteiger partial charge in [-0.3, -0.25) is 0 Å². The maximum Gasteiger partial charge on any atom is 0.137 e. The Morgan fingerprint density at radius 1 is 1.22 bits per heavy atom. The Bertz CT molecular complexity index is 557. The van der Waals surface area contributed by atoms with Crippen molar-refractivity contribution in [3.8, 4) is 0 Å². The standard InChI is InChI=1S/C14H13ClFNS/c1-9(17)11-7-6-10(8-12(11)15)18-14-5-3-2-4-13(14)16/h2-9H,17H2,1H3. The van der Waals surface area contributed by atoms with E-state index in [-0.39, 0.29) is 11.9 Å². The van der Waals surface area contributed by atoms with Crippen molar-refractivity contribution in [3.63, 3.8) is 0 Å². The summed E-state index contributed by atoms with van der Waals surface area (Å²) in [6, 6.07) is 12.2. The van der Waals surface area contributed by atoms with Crippen molar-refractivity contribution < 1.29 is 4.39 Å². The van der Waals surface area contributed by atoms with E-state index < -0.39 is 0 Å². The lowest BCUT2D eigenvalue weighted by Crippen LogP contribution is -2.05. The zero-order valence-corrected chi connectivity index (χ0v) is 11.4. The molecular formula is C14H13ClFNS. The van der Waals surface area contributed by atoms with Crippen LogP contribution in [0.4, 0.5) is 4.39 Å². The van der Waals surface area contributed by atoms with Gasteiger partial charge in [0.1, 0.15) is 5.82 Å². The predicted octanol–water partition coefficient (Wildman–Crippen LogP) is 4.65. The molecule has 1 nitrogen and oxygen atoms in total. The Morgan fingerprint density at radius 3 is 2.56 bits per heavy atom. The smallest absolute Gasteiger partial charge is 0.137 e. The highest BCUT2D eigenvalue weighted by Crippen LogP contribution is 2.33. The molecule has 0 fully saturated rings. The summed E-state index contributed by atoms with van der Waals surface area (Å²) < 4.78 is 13.5. The first-order valence-corrected chi connectivity index (χ1v) is 6.75. The SMILES string of the molecule is CC(N)c1ccc(Sc2ccccc2F)cc1Cl. The molecule has 0 amide bonds. The Hall–Kier alpha value is -1.03. The summed E-state index contributed by atoms with van der Waals surface area (Å²) in [4.78, 5) is 1.48. The lowest BCUT2D eigenvalue weighted by Gasteiger charge is -2.10. The highest BCUT2D eigenvalue weighted by atomic mass is 35.5. The van der Waals surface area contributed by atoms with E-state index in [0.29, 0.717) is 9.92 Å². The highest BCUT2D eigenvalue weighted by molar-refractivity contribution is 7.99. The monoisotopic (exact) mass is 281 g/mol. The van der Waals surface area contributed by atoms with E-state index >= 15 is 0 Å². The molecule has 0 heterocycles. The normalized spacial score (nSPS) is 12.4. The third kappa shape index (κ3) is 3.05. The van der Waals surface area contributed by atoms with Gasteiger partial charge in [0.25, 0.3) is 0 Å². The van der Waals surface area contributed by atoms with Gasteiger partial charge in [-0.2, -0.15) is 0 Å². The minimum atomic E-state index is -0.227. The van der Waals surface area contributed by atoms with Crippen LogP contribution in [-0.4, -0.2) is 0 Å². The molecule has 0 radical (unpaired) electrons. The van der Waals surface area contributed by atoms with Crippen LogP contribution in [0.1, 0.15) is 18.5 Å². The Kier molecular flexibility index (Phi) is 4.27. The Morgan fingerprint density at radius 2 is 1.94 bits per heavy atom. The molecule has 0 bridgehead atoms. The predicted molar refractivity (Wildman–Crippen MR) is 74.6 cm³/mol. The van der Waals surface area contributed by atoms with Gasteiger partial charge in [0.05, 0.1) is 0 Å². The first kappa shape index (κ1) is 13.4. The second-order valence-electron chi connectivity index (χ2n) is 4.00. The maximum absolute atomic E-state index is 13.5. The van der Waals surface area contributed by atoms with Crippen LogP contribution >= 0.6 is 23.4 Å². The van der Waals surface area contributed by atoms with Gasteiger partial charge < -0.3 is 5.73 Å². The van der Waals surface area contributed by atoms with Gasteiger partial charge in [-0.25, -0.2) is 4.39 Å². The summed E-state index contributed by atoms with van der Waals surface area (Å²) >= 11 is 7.49. The van der Waals surface area contributed by atoms with Crippen molar-refractivity contribution in [2.24, 2.45) is 5.73 Å². The number of hydrogen-bond donors (Lipinski definition) is 1. The fourth-order valence-electron chi connectivity index (χ4n) is 1.60. The van der Waals surface area contributed by atoms with E-state index in [9.17, 15) is 4.39 Å². The quantitative estimate of drug-likeness (QED) is 0.886. The lowest BCUT2D eigenvalue weighted by molar-refractivity contribution is 0.602. The first-order chi connectivity index (χ1) is 8.58. The fourth-order valence-corrected chi connectivity index (χ4v) is 2.89. The van der Waals surface area contributed by atoms with E-state index in [2.05, 4.69) is 0 Å². The molecule has 0 spiro atoms. The maximum atomic E-state index is 13.5. The molecule has 18 heavy (non-hydrogen) atoms.